The van der Waals surface area contributed by atoms with Gasteiger partial charge in [-0.3, -0.25) is 4.79 Å². The summed E-state index contributed by atoms with van der Waals surface area (Å²) in [5, 5.41) is 0.193. The predicted molar refractivity (Wildman–Crippen MR) is 70.2 cm³/mol. The molecule has 1 aliphatic rings. The molecule has 6 nitrogen and oxygen atoms in total. The highest BCUT2D eigenvalue weighted by Gasteiger charge is 2.22. The first kappa shape index (κ1) is 12.9. The van der Waals surface area contributed by atoms with Crippen molar-refractivity contribution in [1.82, 2.24) is 9.97 Å². The Balaban J connectivity index is 2.01. The molecule has 1 aromatic rings. The van der Waals surface area contributed by atoms with Gasteiger partial charge in [-0.25, -0.2) is 4.98 Å². The Bertz CT molecular complexity index is 445. The van der Waals surface area contributed by atoms with Crippen LogP contribution in [0.4, 0.5) is 11.5 Å². The zero-order valence-corrected chi connectivity index (χ0v) is 10.7. The lowest BCUT2D eigenvalue weighted by atomic mass is 9.93. The van der Waals surface area contributed by atoms with Crippen LogP contribution in [0.15, 0.2) is 6.20 Å². The maximum Gasteiger partial charge on any atom is 0.224 e. The first-order valence-corrected chi connectivity index (χ1v) is 6.25. The quantitative estimate of drug-likeness (QED) is 0.791. The van der Waals surface area contributed by atoms with Crippen molar-refractivity contribution in [2.45, 2.75) is 19.3 Å². The van der Waals surface area contributed by atoms with Gasteiger partial charge in [0.15, 0.2) is 5.82 Å². The summed E-state index contributed by atoms with van der Waals surface area (Å²) >= 11 is 5.77. The number of amides is 1. The first-order chi connectivity index (χ1) is 8.56. The summed E-state index contributed by atoms with van der Waals surface area (Å²) in [4.78, 5) is 20.9. The van der Waals surface area contributed by atoms with Crippen LogP contribution in [-0.4, -0.2) is 29.0 Å². The number of anilines is 2. The van der Waals surface area contributed by atoms with Gasteiger partial charge in [0.25, 0.3) is 0 Å². The summed E-state index contributed by atoms with van der Waals surface area (Å²) in [7, 11) is 0. The molecule has 7 heteroatoms. The molecule has 0 atom stereocenters. The fourth-order valence-electron chi connectivity index (χ4n) is 2.25. The molecule has 0 aromatic carbocycles. The normalized spacial score (nSPS) is 16.8. The van der Waals surface area contributed by atoms with Crippen molar-refractivity contribution in [1.29, 1.82) is 0 Å². The van der Waals surface area contributed by atoms with Gasteiger partial charge in [-0.2, -0.15) is 4.98 Å². The lowest BCUT2D eigenvalue weighted by molar-refractivity contribution is -0.119. The second kappa shape index (κ2) is 5.39. The van der Waals surface area contributed by atoms with Gasteiger partial charge in [0.1, 0.15) is 0 Å². The lowest BCUT2D eigenvalue weighted by Crippen LogP contribution is -2.36. The minimum Gasteiger partial charge on any atom is -0.394 e. The largest absolute Gasteiger partial charge is 0.394 e. The smallest absolute Gasteiger partial charge is 0.224 e. The monoisotopic (exact) mass is 269 g/mol. The molecule has 0 radical (unpaired) electrons. The summed E-state index contributed by atoms with van der Waals surface area (Å²) in [5.74, 6) is 0.794. The SMILES string of the molecule is NC(=O)CC1CCN(c2nc(Cl)ncc2N)CC1. The van der Waals surface area contributed by atoms with E-state index < -0.39 is 0 Å². The summed E-state index contributed by atoms with van der Waals surface area (Å²) in [6, 6.07) is 0. The molecule has 4 N–H and O–H groups in total. The molecule has 2 rings (SSSR count). The van der Waals surface area contributed by atoms with E-state index >= 15 is 0 Å². The molecule has 0 bridgehead atoms. The molecule has 0 spiro atoms. The Morgan fingerprint density at radius 2 is 2.17 bits per heavy atom. The van der Waals surface area contributed by atoms with E-state index in [0.717, 1.165) is 25.9 Å². The maximum atomic E-state index is 10.9. The standard InChI is InChI=1S/C11H16ClN5O/c12-11-15-6-8(13)10(16-11)17-3-1-7(2-4-17)5-9(14)18/h6-7H,1-5,13H2,(H2,14,18). The molecule has 0 unspecified atom stereocenters. The number of nitrogens with zero attached hydrogens (tertiary/aromatic N) is 3. The van der Waals surface area contributed by atoms with Crippen molar-refractivity contribution in [3.8, 4) is 0 Å². The van der Waals surface area contributed by atoms with E-state index in [-0.39, 0.29) is 11.2 Å². The van der Waals surface area contributed by atoms with Crippen molar-refractivity contribution in [3.05, 3.63) is 11.5 Å². The molecule has 1 saturated heterocycles. The number of rotatable bonds is 3. The third kappa shape index (κ3) is 3.01. The number of hydrogen-bond acceptors (Lipinski definition) is 5. The Kier molecular flexibility index (Phi) is 3.86. The molecule has 98 valence electrons. The van der Waals surface area contributed by atoms with Crippen LogP contribution in [-0.2, 0) is 4.79 Å². The molecular weight excluding hydrogens is 254 g/mol. The molecule has 1 aromatic heterocycles. The van der Waals surface area contributed by atoms with E-state index in [1.807, 2.05) is 0 Å². The molecule has 1 fully saturated rings. The van der Waals surface area contributed by atoms with Crippen molar-refractivity contribution >= 4 is 29.0 Å². The van der Waals surface area contributed by atoms with E-state index in [1.54, 1.807) is 0 Å². The van der Waals surface area contributed by atoms with E-state index in [2.05, 4.69) is 14.9 Å². The van der Waals surface area contributed by atoms with E-state index in [4.69, 9.17) is 23.1 Å². The third-order valence-electron chi connectivity index (χ3n) is 3.17. The van der Waals surface area contributed by atoms with E-state index in [1.165, 1.54) is 6.20 Å². The van der Waals surface area contributed by atoms with Crippen LogP contribution < -0.4 is 16.4 Å². The number of nitrogens with two attached hydrogens (primary N) is 2. The van der Waals surface area contributed by atoms with Crippen LogP contribution in [0.2, 0.25) is 5.28 Å². The Hall–Kier alpha value is -1.56. The van der Waals surface area contributed by atoms with Crippen molar-refractivity contribution in [2.24, 2.45) is 11.7 Å². The fraction of sp³-hybridized carbons (Fsp3) is 0.545. The Labute approximate surface area is 110 Å². The summed E-state index contributed by atoms with van der Waals surface area (Å²) < 4.78 is 0. The van der Waals surface area contributed by atoms with Gasteiger partial charge in [-0.1, -0.05) is 0 Å². The van der Waals surface area contributed by atoms with Crippen molar-refractivity contribution in [2.75, 3.05) is 23.7 Å². The molecule has 0 saturated carbocycles. The summed E-state index contributed by atoms with van der Waals surface area (Å²) in [6.45, 7) is 1.60. The number of carbonyl (C=O) groups is 1. The number of piperidine rings is 1. The van der Waals surface area contributed by atoms with Gasteiger partial charge in [0.05, 0.1) is 11.9 Å². The molecule has 1 aliphatic heterocycles. The van der Waals surface area contributed by atoms with Crippen molar-refractivity contribution < 1.29 is 4.79 Å². The molecule has 0 aliphatic carbocycles. The summed E-state index contributed by atoms with van der Waals surface area (Å²) in [6.07, 6.45) is 3.78. The van der Waals surface area contributed by atoms with Crippen LogP contribution >= 0.6 is 11.6 Å². The van der Waals surface area contributed by atoms with Gasteiger partial charge in [0.2, 0.25) is 11.2 Å². The maximum absolute atomic E-state index is 10.9. The zero-order valence-electron chi connectivity index (χ0n) is 9.97. The number of nitrogen functional groups attached to an aromatic ring is 1. The Morgan fingerprint density at radius 3 is 2.78 bits per heavy atom. The number of carbonyl (C=O) groups excluding carboxylic acids is 1. The summed E-state index contributed by atoms with van der Waals surface area (Å²) in [5.41, 5.74) is 11.6. The van der Waals surface area contributed by atoms with Gasteiger partial charge in [-0.15, -0.1) is 0 Å². The van der Waals surface area contributed by atoms with Crippen LogP contribution in [0.25, 0.3) is 0 Å². The highest BCUT2D eigenvalue weighted by atomic mass is 35.5. The van der Waals surface area contributed by atoms with Crippen LogP contribution in [0.5, 0.6) is 0 Å². The van der Waals surface area contributed by atoms with Gasteiger partial charge < -0.3 is 16.4 Å². The van der Waals surface area contributed by atoms with Gasteiger partial charge in [-0.05, 0) is 30.4 Å². The topological polar surface area (TPSA) is 98.1 Å². The van der Waals surface area contributed by atoms with E-state index in [9.17, 15) is 4.79 Å². The molecular formula is C11H16ClN5O. The third-order valence-corrected chi connectivity index (χ3v) is 3.35. The highest BCUT2D eigenvalue weighted by Crippen LogP contribution is 2.27. The number of primary amides is 1. The average Bonchev–Trinajstić information content (AvgIpc) is 2.33. The van der Waals surface area contributed by atoms with Crippen LogP contribution in [0.1, 0.15) is 19.3 Å². The van der Waals surface area contributed by atoms with Crippen LogP contribution in [0.3, 0.4) is 0 Å². The van der Waals surface area contributed by atoms with Gasteiger partial charge >= 0.3 is 0 Å². The van der Waals surface area contributed by atoms with Crippen LogP contribution in [0, 0.1) is 5.92 Å². The first-order valence-electron chi connectivity index (χ1n) is 5.87. The lowest BCUT2D eigenvalue weighted by Gasteiger charge is -2.32. The Morgan fingerprint density at radius 1 is 1.50 bits per heavy atom. The van der Waals surface area contributed by atoms with Crippen molar-refractivity contribution in [3.63, 3.8) is 0 Å². The second-order valence-corrected chi connectivity index (χ2v) is 4.86. The minimum atomic E-state index is -0.238. The number of aromatic nitrogens is 2. The molecule has 1 amide bonds. The second-order valence-electron chi connectivity index (χ2n) is 4.52. The van der Waals surface area contributed by atoms with E-state index in [0.29, 0.717) is 23.8 Å². The fourth-order valence-corrected chi connectivity index (χ4v) is 2.38. The molecule has 2 heterocycles. The minimum absolute atomic E-state index is 0.193. The number of hydrogen-bond donors (Lipinski definition) is 2. The number of halogens is 1. The molecule has 18 heavy (non-hydrogen) atoms. The average molecular weight is 270 g/mol. The zero-order chi connectivity index (χ0) is 13.1. The van der Waals surface area contributed by atoms with Gasteiger partial charge in [0, 0.05) is 19.5 Å². The predicted octanol–water partition coefficient (Wildman–Crippen LogP) is 0.804. The highest BCUT2D eigenvalue weighted by molar-refractivity contribution is 6.28.